The highest BCUT2D eigenvalue weighted by molar-refractivity contribution is 6.10. The topological polar surface area (TPSA) is 35.1 Å². The van der Waals surface area contributed by atoms with E-state index in [0.717, 1.165) is 45.3 Å². The molecule has 8 aromatic rings. The predicted molar refractivity (Wildman–Crippen MR) is 173 cm³/mol. The Labute approximate surface area is 242 Å². The van der Waals surface area contributed by atoms with Crippen LogP contribution >= 0.6 is 0 Å². The molecule has 0 radical (unpaired) electrons. The molecule has 1 aliphatic rings. The second kappa shape index (κ2) is 9.02. The molecule has 0 amide bonds. The lowest BCUT2D eigenvalue weighted by atomic mass is 9.88. The van der Waals surface area contributed by atoms with Crippen molar-refractivity contribution in [2.45, 2.75) is 12.3 Å². The number of benzene rings is 4. The van der Waals surface area contributed by atoms with Gasteiger partial charge in [-0.15, -0.1) is 0 Å². The first-order chi connectivity index (χ1) is 20.8. The van der Waals surface area contributed by atoms with Gasteiger partial charge in [-0.3, -0.25) is 4.40 Å². The summed E-state index contributed by atoms with van der Waals surface area (Å²) in [4.78, 5) is 10.1. The molecule has 9 rings (SSSR count). The fourth-order valence-electron chi connectivity index (χ4n) is 6.67. The molecule has 4 heteroatoms. The lowest BCUT2D eigenvalue weighted by molar-refractivity contribution is 0.855. The Bertz CT molecular complexity index is 2330. The second-order valence-electron chi connectivity index (χ2n) is 11.0. The molecule has 0 bridgehead atoms. The maximum absolute atomic E-state index is 5.18. The van der Waals surface area contributed by atoms with E-state index in [1.165, 1.54) is 33.1 Å². The van der Waals surface area contributed by atoms with E-state index in [0.29, 0.717) is 5.92 Å². The van der Waals surface area contributed by atoms with E-state index >= 15 is 0 Å². The van der Waals surface area contributed by atoms with Crippen molar-refractivity contribution in [2.24, 2.45) is 0 Å². The van der Waals surface area contributed by atoms with Crippen molar-refractivity contribution >= 4 is 55.0 Å². The molecule has 1 unspecified atom stereocenters. The normalized spacial score (nSPS) is 15.3. The van der Waals surface area contributed by atoms with E-state index in [1.54, 1.807) is 0 Å². The van der Waals surface area contributed by atoms with Crippen LogP contribution in [0.4, 0.5) is 0 Å². The second-order valence-corrected chi connectivity index (χ2v) is 11.0. The summed E-state index contributed by atoms with van der Waals surface area (Å²) < 4.78 is 4.45. The van der Waals surface area contributed by atoms with Crippen LogP contribution in [-0.4, -0.2) is 18.9 Å². The third-order valence-corrected chi connectivity index (χ3v) is 8.69. The van der Waals surface area contributed by atoms with Crippen LogP contribution in [0.3, 0.4) is 0 Å². The maximum atomic E-state index is 5.18. The van der Waals surface area contributed by atoms with E-state index in [1.807, 2.05) is 24.4 Å². The maximum Gasteiger partial charge on any atom is 0.165 e. The van der Waals surface area contributed by atoms with Crippen molar-refractivity contribution in [3.63, 3.8) is 0 Å². The third-order valence-electron chi connectivity index (χ3n) is 8.69. The lowest BCUT2D eigenvalue weighted by Gasteiger charge is -2.18. The largest absolute Gasteiger partial charge is 0.309 e. The number of fused-ring (bicyclic) bond motifs is 8. The number of nitrogens with zero attached hydrogens (tertiary/aromatic N) is 4. The van der Waals surface area contributed by atoms with E-state index in [9.17, 15) is 0 Å². The van der Waals surface area contributed by atoms with Crippen molar-refractivity contribution in [1.82, 2.24) is 18.9 Å². The van der Waals surface area contributed by atoms with Gasteiger partial charge in [0.1, 0.15) is 11.2 Å². The first kappa shape index (κ1) is 23.2. The average molecular weight is 539 g/mol. The fraction of sp³-hybridized carbons (Fsp3) is 0.0526. The molecule has 0 fully saturated rings. The summed E-state index contributed by atoms with van der Waals surface area (Å²) in [5, 5.41) is 4.85. The first-order valence-corrected chi connectivity index (χ1v) is 14.5. The summed E-state index contributed by atoms with van der Waals surface area (Å²) in [7, 11) is 0. The minimum absolute atomic E-state index is 0.326. The highest BCUT2D eigenvalue weighted by Gasteiger charge is 2.19. The van der Waals surface area contributed by atoms with E-state index < -0.39 is 0 Å². The Kier molecular flexibility index (Phi) is 4.99. The lowest BCUT2D eigenvalue weighted by Crippen LogP contribution is -2.01. The van der Waals surface area contributed by atoms with Gasteiger partial charge in [0.05, 0.1) is 16.7 Å². The molecule has 4 aromatic heterocycles. The quantitative estimate of drug-likeness (QED) is 0.225. The SMILES string of the molecule is C1=CC(c2ccc(-n3c4ccccc4c4ccccc43)cc2)CC=C1c1nc2c(nc3ccccn32)c2ccccc12. The monoisotopic (exact) mass is 538 g/mol. The predicted octanol–water partition coefficient (Wildman–Crippen LogP) is 9.26. The molecule has 1 aliphatic carbocycles. The summed E-state index contributed by atoms with van der Waals surface area (Å²) in [5.41, 5.74) is 9.92. The van der Waals surface area contributed by atoms with Crippen LogP contribution in [0.1, 0.15) is 23.6 Å². The van der Waals surface area contributed by atoms with Gasteiger partial charge < -0.3 is 4.57 Å². The molecular formula is C38H26N4. The Hall–Kier alpha value is -5.48. The number of hydrogen-bond donors (Lipinski definition) is 0. The number of rotatable bonds is 3. The molecular weight excluding hydrogens is 512 g/mol. The molecule has 4 nitrogen and oxygen atoms in total. The zero-order chi connectivity index (χ0) is 27.6. The Morgan fingerprint density at radius 3 is 2.00 bits per heavy atom. The molecule has 4 aromatic carbocycles. The van der Waals surface area contributed by atoms with Gasteiger partial charge in [-0.25, -0.2) is 9.97 Å². The minimum Gasteiger partial charge on any atom is -0.309 e. The molecule has 4 heterocycles. The van der Waals surface area contributed by atoms with Gasteiger partial charge in [0.25, 0.3) is 0 Å². The van der Waals surface area contributed by atoms with Crippen LogP contribution in [0.15, 0.2) is 140 Å². The minimum atomic E-state index is 0.326. The molecule has 0 N–H and O–H groups in total. The summed E-state index contributed by atoms with van der Waals surface area (Å²) >= 11 is 0. The summed E-state index contributed by atoms with van der Waals surface area (Å²) in [6.45, 7) is 0. The Balaban J connectivity index is 1.07. The van der Waals surface area contributed by atoms with E-state index in [4.69, 9.17) is 9.97 Å². The van der Waals surface area contributed by atoms with E-state index in [2.05, 4.69) is 124 Å². The van der Waals surface area contributed by atoms with Gasteiger partial charge in [-0.1, -0.05) is 97.1 Å². The number of pyridine rings is 2. The number of imidazole rings is 1. The highest BCUT2D eigenvalue weighted by Crippen LogP contribution is 2.36. The van der Waals surface area contributed by atoms with Gasteiger partial charge >= 0.3 is 0 Å². The third kappa shape index (κ3) is 3.42. The standard InChI is InChI=1S/C38H26N4/c1-2-12-32-31(11-1)36(40-38-37(32)39-35-15-7-8-24-41(35)38)27-18-16-25(17-19-27)26-20-22-28(23-21-26)42-33-13-5-3-9-29(33)30-10-4-6-14-34(30)42/h1-16,18-25H,17H2. The van der Waals surface area contributed by atoms with Crippen molar-refractivity contribution in [3.05, 3.63) is 151 Å². The van der Waals surface area contributed by atoms with Crippen molar-refractivity contribution in [3.8, 4) is 5.69 Å². The zero-order valence-electron chi connectivity index (χ0n) is 22.9. The molecule has 0 aliphatic heterocycles. The van der Waals surface area contributed by atoms with Crippen LogP contribution in [-0.2, 0) is 0 Å². The summed E-state index contributed by atoms with van der Waals surface area (Å²) in [5.74, 6) is 0.326. The van der Waals surface area contributed by atoms with Gasteiger partial charge in [-0.2, -0.15) is 0 Å². The van der Waals surface area contributed by atoms with Crippen molar-refractivity contribution in [1.29, 1.82) is 0 Å². The van der Waals surface area contributed by atoms with Gasteiger partial charge in [0.15, 0.2) is 5.65 Å². The van der Waals surface area contributed by atoms with Crippen LogP contribution in [0, 0.1) is 0 Å². The molecule has 0 spiro atoms. The van der Waals surface area contributed by atoms with Crippen molar-refractivity contribution in [2.75, 3.05) is 0 Å². The van der Waals surface area contributed by atoms with Crippen LogP contribution in [0.2, 0.25) is 0 Å². The number of hydrogen-bond acceptors (Lipinski definition) is 2. The Morgan fingerprint density at radius 1 is 0.619 bits per heavy atom. The van der Waals surface area contributed by atoms with E-state index in [-0.39, 0.29) is 0 Å². The zero-order valence-corrected chi connectivity index (χ0v) is 22.9. The highest BCUT2D eigenvalue weighted by atomic mass is 15.1. The molecule has 198 valence electrons. The van der Waals surface area contributed by atoms with Gasteiger partial charge in [0, 0.05) is 39.3 Å². The molecule has 42 heavy (non-hydrogen) atoms. The van der Waals surface area contributed by atoms with Crippen molar-refractivity contribution < 1.29 is 0 Å². The first-order valence-electron chi connectivity index (χ1n) is 14.5. The van der Waals surface area contributed by atoms with Gasteiger partial charge in [-0.05, 0) is 54.0 Å². The Morgan fingerprint density at radius 2 is 1.29 bits per heavy atom. The molecule has 1 atom stereocenters. The average Bonchev–Trinajstić information content (AvgIpc) is 3.61. The number of allylic oxidation sites excluding steroid dienone is 4. The molecule has 0 saturated heterocycles. The van der Waals surface area contributed by atoms with Crippen LogP contribution in [0.25, 0.3) is 60.6 Å². The summed E-state index contributed by atoms with van der Waals surface area (Å²) in [6, 6.07) is 41.0. The number of aromatic nitrogens is 4. The van der Waals surface area contributed by atoms with Gasteiger partial charge in [0.2, 0.25) is 0 Å². The van der Waals surface area contributed by atoms with Crippen LogP contribution in [0.5, 0.6) is 0 Å². The summed E-state index contributed by atoms with van der Waals surface area (Å²) in [6.07, 6.45) is 9.90. The smallest absolute Gasteiger partial charge is 0.165 e. The number of para-hydroxylation sites is 2. The molecule has 0 saturated carbocycles. The fourth-order valence-corrected chi connectivity index (χ4v) is 6.67. The van der Waals surface area contributed by atoms with Crippen LogP contribution < -0.4 is 0 Å².